The molecule has 5 nitrogen and oxygen atoms in total. The van der Waals surface area contributed by atoms with Gasteiger partial charge in [-0.05, 0) is 5.56 Å². The molecule has 1 aromatic rings. The molecule has 1 heterocycles. The predicted molar refractivity (Wildman–Crippen MR) is 42.7 cm³/mol. The van der Waals surface area contributed by atoms with Gasteiger partial charge in [0.15, 0.2) is 0 Å². The Morgan fingerprint density at radius 2 is 2.08 bits per heavy atom. The van der Waals surface area contributed by atoms with Crippen LogP contribution < -0.4 is 0 Å². The van der Waals surface area contributed by atoms with Gasteiger partial charge in [-0.25, -0.2) is 9.78 Å². The quantitative estimate of drug-likeness (QED) is 0.374. The standard InChI is InChI=1S/C8H7NO4/c10-9(11)8-3-1-2-6-4-12-13-5-7(6)8/h1-3H,4-5H2. The molecule has 0 saturated heterocycles. The van der Waals surface area contributed by atoms with Gasteiger partial charge in [0.25, 0.3) is 5.69 Å². The van der Waals surface area contributed by atoms with Crippen molar-refractivity contribution in [3.63, 3.8) is 0 Å². The van der Waals surface area contributed by atoms with Crippen LogP contribution in [-0.2, 0) is 23.0 Å². The summed E-state index contributed by atoms with van der Waals surface area (Å²) in [5.74, 6) is 0. The summed E-state index contributed by atoms with van der Waals surface area (Å²) in [6, 6.07) is 4.91. The average molecular weight is 181 g/mol. The molecule has 0 saturated carbocycles. The molecule has 0 amide bonds. The fraction of sp³-hybridized carbons (Fsp3) is 0.250. The Balaban J connectivity index is 2.52. The summed E-state index contributed by atoms with van der Waals surface area (Å²) in [7, 11) is 0. The number of nitro groups is 1. The zero-order chi connectivity index (χ0) is 9.26. The zero-order valence-corrected chi connectivity index (χ0v) is 6.73. The van der Waals surface area contributed by atoms with E-state index in [1.807, 2.05) is 0 Å². The highest BCUT2D eigenvalue weighted by Crippen LogP contribution is 2.26. The van der Waals surface area contributed by atoms with Gasteiger partial charge in [0, 0.05) is 6.07 Å². The molecule has 0 fully saturated rings. The molecule has 1 aromatic carbocycles. The van der Waals surface area contributed by atoms with E-state index in [1.165, 1.54) is 6.07 Å². The van der Waals surface area contributed by atoms with Crippen molar-refractivity contribution in [2.75, 3.05) is 0 Å². The minimum Gasteiger partial charge on any atom is -0.258 e. The van der Waals surface area contributed by atoms with Gasteiger partial charge in [-0.15, -0.1) is 0 Å². The first kappa shape index (κ1) is 8.15. The molecule has 0 unspecified atom stereocenters. The number of hydrogen-bond donors (Lipinski definition) is 0. The minimum atomic E-state index is -0.409. The number of benzene rings is 1. The third-order valence-electron chi connectivity index (χ3n) is 1.95. The summed E-state index contributed by atoms with van der Waals surface area (Å²) in [6.07, 6.45) is 0. The summed E-state index contributed by atoms with van der Waals surface area (Å²) in [6.45, 7) is 0.420. The fourth-order valence-corrected chi connectivity index (χ4v) is 1.30. The lowest BCUT2D eigenvalue weighted by molar-refractivity contribution is -0.389. The Kier molecular flexibility index (Phi) is 1.96. The summed E-state index contributed by atoms with van der Waals surface area (Å²) < 4.78 is 0. The second-order valence-corrected chi connectivity index (χ2v) is 2.70. The fourth-order valence-electron chi connectivity index (χ4n) is 1.30. The van der Waals surface area contributed by atoms with Crippen LogP contribution in [0.2, 0.25) is 0 Å². The summed E-state index contributed by atoms with van der Waals surface area (Å²) in [4.78, 5) is 19.6. The Labute approximate surface area is 74.0 Å². The number of hydrogen-bond acceptors (Lipinski definition) is 4. The van der Waals surface area contributed by atoms with Crippen LogP contribution in [0, 0.1) is 10.1 Å². The van der Waals surface area contributed by atoms with Crippen molar-refractivity contribution in [3.05, 3.63) is 39.4 Å². The highest BCUT2D eigenvalue weighted by atomic mass is 17.2. The molecule has 0 atom stereocenters. The van der Waals surface area contributed by atoms with Gasteiger partial charge in [-0.1, -0.05) is 12.1 Å². The van der Waals surface area contributed by atoms with Gasteiger partial charge in [0.1, 0.15) is 13.2 Å². The van der Waals surface area contributed by atoms with Crippen LogP contribution in [0.1, 0.15) is 11.1 Å². The largest absolute Gasteiger partial charge is 0.275 e. The van der Waals surface area contributed by atoms with E-state index in [-0.39, 0.29) is 18.9 Å². The molecular formula is C8H7NO4. The van der Waals surface area contributed by atoms with Gasteiger partial charge in [0.05, 0.1) is 10.5 Å². The molecule has 0 radical (unpaired) electrons. The summed E-state index contributed by atoms with van der Waals surface area (Å²) in [5, 5.41) is 10.6. The maximum Gasteiger partial charge on any atom is 0.275 e. The van der Waals surface area contributed by atoms with Gasteiger partial charge >= 0.3 is 0 Å². The predicted octanol–water partition coefficient (Wildman–Crippen LogP) is 1.56. The SMILES string of the molecule is O=[N+]([O-])c1cccc2c1COOC2. The van der Waals surface area contributed by atoms with E-state index < -0.39 is 4.92 Å². The average Bonchev–Trinajstić information content (AvgIpc) is 2.17. The molecule has 5 heteroatoms. The maximum absolute atomic E-state index is 10.6. The molecule has 0 bridgehead atoms. The maximum atomic E-state index is 10.6. The third-order valence-corrected chi connectivity index (χ3v) is 1.95. The van der Waals surface area contributed by atoms with E-state index in [0.29, 0.717) is 5.56 Å². The molecule has 2 rings (SSSR count). The van der Waals surface area contributed by atoms with E-state index in [1.54, 1.807) is 12.1 Å². The van der Waals surface area contributed by atoms with Gasteiger partial charge in [-0.2, -0.15) is 0 Å². The van der Waals surface area contributed by atoms with Gasteiger partial charge in [-0.3, -0.25) is 10.1 Å². The first-order valence-corrected chi connectivity index (χ1v) is 3.78. The van der Waals surface area contributed by atoms with Crippen molar-refractivity contribution in [1.82, 2.24) is 0 Å². The van der Waals surface area contributed by atoms with Crippen LogP contribution >= 0.6 is 0 Å². The van der Waals surface area contributed by atoms with Crippen LogP contribution in [0.15, 0.2) is 18.2 Å². The van der Waals surface area contributed by atoms with Crippen LogP contribution in [0.5, 0.6) is 0 Å². The first-order chi connectivity index (χ1) is 6.29. The number of fused-ring (bicyclic) bond motifs is 1. The topological polar surface area (TPSA) is 61.6 Å². The zero-order valence-electron chi connectivity index (χ0n) is 6.73. The number of nitro benzene ring substituents is 1. The Morgan fingerprint density at radius 1 is 1.31 bits per heavy atom. The van der Waals surface area contributed by atoms with Crippen molar-refractivity contribution in [2.24, 2.45) is 0 Å². The lowest BCUT2D eigenvalue weighted by Gasteiger charge is -2.14. The molecule has 0 aromatic heterocycles. The van der Waals surface area contributed by atoms with Crippen molar-refractivity contribution in [2.45, 2.75) is 13.2 Å². The molecule has 0 N–H and O–H groups in total. The Bertz CT molecular complexity index is 350. The smallest absolute Gasteiger partial charge is 0.258 e. The number of nitrogens with zero attached hydrogens (tertiary/aromatic N) is 1. The Morgan fingerprint density at radius 3 is 2.85 bits per heavy atom. The van der Waals surface area contributed by atoms with Gasteiger partial charge in [0.2, 0.25) is 0 Å². The van der Waals surface area contributed by atoms with Crippen LogP contribution in [0.25, 0.3) is 0 Å². The lowest BCUT2D eigenvalue weighted by Crippen LogP contribution is -2.09. The number of rotatable bonds is 1. The van der Waals surface area contributed by atoms with Crippen LogP contribution in [-0.4, -0.2) is 4.92 Å². The van der Waals surface area contributed by atoms with E-state index in [4.69, 9.17) is 4.89 Å². The second-order valence-electron chi connectivity index (χ2n) is 2.70. The van der Waals surface area contributed by atoms with Crippen molar-refractivity contribution >= 4 is 5.69 Å². The summed E-state index contributed by atoms with van der Waals surface area (Å²) in [5.41, 5.74) is 1.53. The second kappa shape index (κ2) is 3.12. The minimum absolute atomic E-state index is 0.0980. The molecule has 1 aliphatic rings. The van der Waals surface area contributed by atoms with E-state index in [2.05, 4.69) is 4.89 Å². The monoisotopic (exact) mass is 181 g/mol. The third kappa shape index (κ3) is 1.39. The molecule has 1 aliphatic heterocycles. The lowest BCUT2D eigenvalue weighted by atomic mass is 10.1. The first-order valence-electron chi connectivity index (χ1n) is 3.78. The van der Waals surface area contributed by atoms with E-state index in [0.717, 1.165) is 5.56 Å². The molecule has 0 aliphatic carbocycles. The van der Waals surface area contributed by atoms with Crippen LogP contribution in [0.3, 0.4) is 0 Å². The highest BCUT2D eigenvalue weighted by Gasteiger charge is 2.20. The molecule has 0 spiro atoms. The van der Waals surface area contributed by atoms with E-state index in [9.17, 15) is 10.1 Å². The molecular weight excluding hydrogens is 174 g/mol. The van der Waals surface area contributed by atoms with Crippen molar-refractivity contribution in [3.8, 4) is 0 Å². The molecule has 13 heavy (non-hydrogen) atoms. The summed E-state index contributed by atoms with van der Waals surface area (Å²) >= 11 is 0. The Hall–Kier alpha value is -1.46. The normalized spacial score (nSPS) is 15.1. The molecule has 68 valence electrons. The highest BCUT2D eigenvalue weighted by molar-refractivity contribution is 5.45. The van der Waals surface area contributed by atoms with Crippen molar-refractivity contribution < 1.29 is 14.7 Å². The van der Waals surface area contributed by atoms with Gasteiger partial charge < -0.3 is 0 Å². The van der Waals surface area contributed by atoms with Crippen molar-refractivity contribution in [1.29, 1.82) is 0 Å². The van der Waals surface area contributed by atoms with Crippen LogP contribution in [0.4, 0.5) is 5.69 Å². The van der Waals surface area contributed by atoms with E-state index >= 15 is 0 Å².